The van der Waals surface area contributed by atoms with Gasteiger partial charge in [-0.2, -0.15) is 5.26 Å². The van der Waals surface area contributed by atoms with Crippen LogP contribution in [0, 0.1) is 23.1 Å². The molecule has 0 bridgehead atoms. The highest BCUT2D eigenvalue weighted by molar-refractivity contribution is 5.76. The van der Waals surface area contributed by atoms with Gasteiger partial charge in [0.2, 0.25) is 5.91 Å². The van der Waals surface area contributed by atoms with Crippen LogP contribution in [0.5, 0.6) is 0 Å². The largest absolute Gasteiger partial charge is 0.352 e. The normalized spacial score (nSPS) is 15.6. The van der Waals surface area contributed by atoms with Crippen molar-refractivity contribution in [2.75, 3.05) is 0 Å². The van der Waals surface area contributed by atoms with E-state index in [0.29, 0.717) is 23.5 Å². The molecular formula is C16H19FN2O. The molecule has 0 aromatic heterocycles. The molecule has 1 saturated carbocycles. The number of halogens is 1. The second-order valence-corrected chi connectivity index (χ2v) is 5.40. The number of rotatable bonds is 4. The summed E-state index contributed by atoms with van der Waals surface area (Å²) in [7, 11) is 0. The summed E-state index contributed by atoms with van der Waals surface area (Å²) in [5.41, 5.74) is 0.709. The summed E-state index contributed by atoms with van der Waals surface area (Å²) in [5, 5.41) is 11.4. The molecular weight excluding hydrogens is 255 g/mol. The highest BCUT2D eigenvalue weighted by atomic mass is 19.1. The van der Waals surface area contributed by atoms with Crippen LogP contribution in [-0.2, 0) is 11.3 Å². The van der Waals surface area contributed by atoms with Crippen LogP contribution >= 0.6 is 0 Å². The van der Waals surface area contributed by atoms with Gasteiger partial charge in [0.15, 0.2) is 0 Å². The molecule has 0 spiro atoms. The predicted molar refractivity (Wildman–Crippen MR) is 74.2 cm³/mol. The fourth-order valence-corrected chi connectivity index (χ4v) is 2.68. The average Bonchev–Trinajstić information content (AvgIpc) is 2.47. The number of benzene rings is 1. The Balaban J connectivity index is 1.82. The van der Waals surface area contributed by atoms with Crippen molar-refractivity contribution in [2.24, 2.45) is 5.92 Å². The first-order chi connectivity index (χ1) is 9.69. The number of nitrogens with one attached hydrogen (secondary N) is 1. The maximum Gasteiger partial charge on any atom is 0.220 e. The fraction of sp³-hybridized carbons (Fsp3) is 0.500. The third-order valence-corrected chi connectivity index (χ3v) is 3.86. The van der Waals surface area contributed by atoms with Gasteiger partial charge in [0.1, 0.15) is 5.82 Å². The van der Waals surface area contributed by atoms with E-state index < -0.39 is 5.82 Å². The van der Waals surface area contributed by atoms with Crippen LogP contribution in [0.25, 0.3) is 0 Å². The lowest BCUT2D eigenvalue weighted by Crippen LogP contribution is -2.26. The lowest BCUT2D eigenvalue weighted by atomic mass is 9.87. The first kappa shape index (κ1) is 14.5. The van der Waals surface area contributed by atoms with Gasteiger partial charge in [-0.1, -0.05) is 25.3 Å². The number of amides is 1. The molecule has 20 heavy (non-hydrogen) atoms. The number of hydrogen-bond donors (Lipinski definition) is 1. The molecule has 4 heteroatoms. The zero-order chi connectivity index (χ0) is 14.4. The average molecular weight is 274 g/mol. The van der Waals surface area contributed by atoms with Gasteiger partial charge in [-0.15, -0.1) is 0 Å². The fourth-order valence-electron chi connectivity index (χ4n) is 2.68. The van der Waals surface area contributed by atoms with Gasteiger partial charge < -0.3 is 5.32 Å². The van der Waals surface area contributed by atoms with Crippen LogP contribution in [0.1, 0.15) is 49.7 Å². The topological polar surface area (TPSA) is 52.9 Å². The van der Waals surface area contributed by atoms with E-state index in [1.807, 2.05) is 6.07 Å². The molecule has 3 nitrogen and oxygen atoms in total. The number of hydrogen-bond acceptors (Lipinski definition) is 2. The van der Waals surface area contributed by atoms with Gasteiger partial charge in [-0.3, -0.25) is 4.79 Å². The molecule has 1 aliphatic carbocycles. The van der Waals surface area contributed by atoms with Crippen molar-refractivity contribution in [2.45, 2.75) is 45.1 Å². The van der Waals surface area contributed by atoms with Crippen LogP contribution < -0.4 is 5.32 Å². The van der Waals surface area contributed by atoms with Gasteiger partial charge in [0.05, 0.1) is 11.6 Å². The van der Waals surface area contributed by atoms with E-state index in [-0.39, 0.29) is 12.5 Å². The number of carbonyl (C=O) groups is 1. The maximum absolute atomic E-state index is 13.6. The third kappa shape index (κ3) is 4.06. The van der Waals surface area contributed by atoms with E-state index in [1.54, 1.807) is 12.1 Å². The molecule has 0 heterocycles. The maximum atomic E-state index is 13.6. The Morgan fingerprint density at radius 2 is 2.10 bits per heavy atom. The van der Waals surface area contributed by atoms with Gasteiger partial charge in [-0.05, 0) is 30.9 Å². The monoisotopic (exact) mass is 274 g/mol. The quantitative estimate of drug-likeness (QED) is 0.916. The van der Waals surface area contributed by atoms with Crippen molar-refractivity contribution >= 4 is 5.91 Å². The Morgan fingerprint density at radius 3 is 2.75 bits per heavy atom. The van der Waals surface area contributed by atoms with Crippen LogP contribution in [0.3, 0.4) is 0 Å². The molecule has 0 atom stereocenters. The zero-order valence-electron chi connectivity index (χ0n) is 11.5. The highest BCUT2D eigenvalue weighted by Gasteiger charge is 2.17. The van der Waals surface area contributed by atoms with Crippen LogP contribution in [0.4, 0.5) is 4.39 Å². The molecule has 0 aliphatic heterocycles. The van der Waals surface area contributed by atoms with E-state index in [9.17, 15) is 9.18 Å². The summed E-state index contributed by atoms with van der Waals surface area (Å²) in [6.45, 7) is 0.184. The second kappa shape index (κ2) is 7.04. The molecule has 0 unspecified atom stereocenters. The lowest BCUT2D eigenvalue weighted by Gasteiger charge is -2.20. The molecule has 1 fully saturated rings. The minimum Gasteiger partial charge on any atom is -0.352 e. The van der Waals surface area contributed by atoms with E-state index >= 15 is 0 Å². The molecule has 1 aromatic carbocycles. The minimum atomic E-state index is -0.443. The minimum absolute atomic E-state index is 0.0133. The third-order valence-electron chi connectivity index (χ3n) is 3.86. The Bertz CT molecular complexity index is 516. The Morgan fingerprint density at radius 1 is 1.35 bits per heavy atom. The number of carbonyl (C=O) groups excluding carboxylic acids is 1. The zero-order valence-corrected chi connectivity index (χ0v) is 11.5. The Kier molecular flexibility index (Phi) is 5.11. The molecule has 2 rings (SSSR count). The van der Waals surface area contributed by atoms with Gasteiger partial charge >= 0.3 is 0 Å². The summed E-state index contributed by atoms with van der Waals surface area (Å²) in [4.78, 5) is 11.8. The van der Waals surface area contributed by atoms with Gasteiger partial charge in [0.25, 0.3) is 0 Å². The van der Waals surface area contributed by atoms with E-state index in [2.05, 4.69) is 5.32 Å². The summed E-state index contributed by atoms with van der Waals surface area (Å²) >= 11 is 0. The van der Waals surface area contributed by atoms with Crippen LogP contribution in [0.2, 0.25) is 0 Å². The van der Waals surface area contributed by atoms with Crippen LogP contribution in [-0.4, -0.2) is 5.91 Å². The Labute approximate surface area is 118 Å². The lowest BCUT2D eigenvalue weighted by molar-refractivity contribution is -0.122. The number of nitrogens with zero attached hydrogens (tertiary/aromatic N) is 1. The first-order valence-corrected chi connectivity index (χ1v) is 7.14. The summed E-state index contributed by atoms with van der Waals surface area (Å²) in [6, 6.07) is 6.20. The summed E-state index contributed by atoms with van der Waals surface area (Å²) < 4.78 is 13.6. The first-order valence-electron chi connectivity index (χ1n) is 7.14. The Hall–Kier alpha value is -1.89. The van der Waals surface area contributed by atoms with E-state index in [0.717, 1.165) is 12.8 Å². The van der Waals surface area contributed by atoms with Crippen molar-refractivity contribution in [1.29, 1.82) is 5.26 Å². The molecule has 0 radical (unpaired) electrons. The van der Waals surface area contributed by atoms with E-state index in [1.165, 1.54) is 25.3 Å². The second-order valence-electron chi connectivity index (χ2n) is 5.40. The summed E-state index contributed by atoms with van der Waals surface area (Å²) in [6.07, 6.45) is 6.48. The smallest absolute Gasteiger partial charge is 0.220 e. The standard InChI is InChI=1S/C16H19FN2O/c17-15-8-13(10-18)6-7-14(15)11-19-16(20)9-12-4-2-1-3-5-12/h6-8,12H,1-5,9,11H2,(H,19,20). The molecule has 106 valence electrons. The van der Waals surface area contributed by atoms with Crippen molar-refractivity contribution in [3.63, 3.8) is 0 Å². The SMILES string of the molecule is N#Cc1ccc(CNC(=O)CC2CCCCC2)c(F)c1. The summed E-state index contributed by atoms with van der Waals surface area (Å²) in [5.74, 6) is 0.0252. The molecule has 1 N–H and O–H groups in total. The van der Waals surface area contributed by atoms with Crippen LogP contribution in [0.15, 0.2) is 18.2 Å². The molecule has 0 saturated heterocycles. The van der Waals surface area contributed by atoms with Crippen molar-refractivity contribution in [1.82, 2.24) is 5.32 Å². The highest BCUT2D eigenvalue weighted by Crippen LogP contribution is 2.26. The number of nitriles is 1. The van der Waals surface area contributed by atoms with Crippen molar-refractivity contribution < 1.29 is 9.18 Å². The van der Waals surface area contributed by atoms with Gasteiger partial charge in [-0.25, -0.2) is 4.39 Å². The molecule has 1 aromatic rings. The molecule has 1 amide bonds. The predicted octanol–water partition coefficient (Wildman–Crippen LogP) is 3.28. The van der Waals surface area contributed by atoms with Crippen molar-refractivity contribution in [3.8, 4) is 6.07 Å². The van der Waals surface area contributed by atoms with E-state index in [4.69, 9.17) is 5.26 Å². The van der Waals surface area contributed by atoms with Gasteiger partial charge in [0, 0.05) is 18.5 Å². The molecule has 1 aliphatic rings. The van der Waals surface area contributed by atoms with Crippen molar-refractivity contribution in [3.05, 3.63) is 35.1 Å².